The number of nitrogens with one attached hydrogen (secondary N) is 1. The number of hydrogen-bond acceptors (Lipinski definition) is 5. The van der Waals surface area contributed by atoms with Crippen molar-refractivity contribution in [1.29, 1.82) is 0 Å². The number of nitro benzene ring substituents is 1. The number of aliphatic hydroxyl groups is 1. The minimum absolute atomic E-state index is 0.0323. The third kappa shape index (κ3) is 3.11. The Morgan fingerprint density at radius 1 is 1.33 bits per heavy atom. The molecule has 0 aliphatic carbocycles. The van der Waals surface area contributed by atoms with E-state index in [-0.39, 0.29) is 5.69 Å². The molecule has 0 aliphatic rings. The molecule has 1 aromatic carbocycles. The third-order valence-corrected chi connectivity index (χ3v) is 3.87. The van der Waals surface area contributed by atoms with E-state index in [1.807, 2.05) is 13.8 Å². The molecule has 0 fully saturated rings. The molecule has 0 spiro atoms. The van der Waals surface area contributed by atoms with Crippen molar-refractivity contribution in [3.63, 3.8) is 0 Å². The van der Waals surface area contributed by atoms with Crippen molar-refractivity contribution in [2.24, 2.45) is 0 Å². The highest BCUT2D eigenvalue weighted by molar-refractivity contribution is 5.96. The van der Waals surface area contributed by atoms with Crippen LogP contribution in [0.25, 0.3) is 10.9 Å². The van der Waals surface area contributed by atoms with E-state index in [4.69, 9.17) is 0 Å². The van der Waals surface area contributed by atoms with Crippen molar-refractivity contribution in [1.82, 2.24) is 4.98 Å². The highest BCUT2D eigenvalue weighted by Gasteiger charge is 2.22. The van der Waals surface area contributed by atoms with Crippen LogP contribution in [0.5, 0.6) is 0 Å². The first-order valence-electron chi connectivity index (χ1n) is 6.99. The van der Waals surface area contributed by atoms with Gasteiger partial charge in [0.25, 0.3) is 5.69 Å². The maximum Gasteiger partial charge on any atom is 0.278 e. The molecule has 0 radical (unpaired) electrons. The van der Waals surface area contributed by atoms with Gasteiger partial charge in [-0.25, -0.2) is 0 Å². The van der Waals surface area contributed by atoms with Crippen molar-refractivity contribution >= 4 is 22.3 Å². The van der Waals surface area contributed by atoms with Crippen LogP contribution in [0.4, 0.5) is 11.4 Å². The average Bonchev–Trinajstić information content (AvgIpc) is 2.52. The molecule has 0 bridgehead atoms. The lowest BCUT2D eigenvalue weighted by atomic mass is 9.97. The SMILES string of the molecule is CCC(O)(CC)CNc1ccc([N+](=O)[O-])c2cccnc12. The molecule has 2 rings (SSSR count). The summed E-state index contributed by atoms with van der Waals surface area (Å²) in [6, 6.07) is 6.45. The zero-order valence-electron chi connectivity index (χ0n) is 12.2. The summed E-state index contributed by atoms with van der Waals surface area (Å²) in [5, 5.41) is 25.0. The molecule has 0 aliphatic heterocycles. The molecule has 0 atom stereocenters. The lowest BCUT2D eigenvalue weighted by Crippen LogP contribution is -2.35. The predicted octanol–water partition coefficient (Wildman–Crippen LogP) is 3.11. The first-order valence-corrected chi connectivity index (χ1v) is 6.99. The summed E-state index contributed by atoms with van der Waals surface area (Å²) in [7, 11) is 0. The first-order chi connectivity index (χ1) is 10.0. The number of pyridine rings is 1. The van der Waals surface area contributed by atoms with Crippen LogP contribution in [0, 0.1) is 10.1 Å². The molecule has 21 heavy (non-hydrogen) atoms. The van der Waals surface area contributed by atoms with E-state index >= 15 is 0 Å². The highest BCUT2D eigenvalue weighted by Crippen LogP contribution is 2.30. The zero-order valence-corrected chi connectivity index (χ0v) is 12.2. The zero-order chi connectivity index (χ0) is 15.5. The Kier molecular flexibility index (Phi) is 4.37. The normalized spacial score (nSPS) is 11.6. The van der Waals surface area contributed by atoms with Gasteiger partial charge in [-0.15, -0.1) is 0 Å². The van der Waals surface area contributed by atoms with Gasteiger partial charge in [0.1, 0.15) is 5.52 Å². The summed E-state index contributed by atoms with van der Waals surface area (Å²) in [5.74, 6) is 0. The number of hydrogen-bond donors (Lipinski definition) is 2. The van der Waals surface area contributed by atoms with Crippen molar-refractivity contribution in [2.45, 2.75) is 32.3 Å². The summed E-state index contributed by atoms with van der Waals surface area (Å²) in [6.45, 7) is 4.23. The number of rotatable bonds is 6. The number of benzene rings is 1. The topological polar surface area (TPSA) is 88.3 Å². The fourth-order valence-corrected chi connectivity index (χ4v) is 2.22. The van der Waals surface area contributed by atoms with E-state index in [9.17, 15) is 15.2 Å². The summed E-state index contributed by atoms with van der Waals surface area (Å²) in [5.41, 5.74) is 0.478. The van der Waals surface area contributed by atoms with Gasteiger partial charge in [0.15, 0.2) is 0 Å². The second-order valence-electron chi connectivity index (χ2n) is 5.07. The van der Waals surface area contributed by atoms with E-state index in [0.29, 0.717) is 36.0 Å². The van der Waals surface area contributed by atoms with Crippen LogP contribution < -0.4 is 5.32 Å². The van der Waals surface area contributed by atoms with Crippen LogP contribution in [-0.2, 0) is 0 Å². The van der Waals surface area contributed by atoms with Crippen LogP contribution in [-0.4, -0.2) is 27.2 Å². The molecular formula is C15H19N3O3. The molecule has 6 heteroatoms. The van der Waals surface area contributed by atoms with Crippen molar-refractivity contribution in [3.05, 3.63) is 40.6 Å². The summed E-state index contributed by atoms with van der Waals surface area (Å²) in [6.07, 6.45) is 2.87. The van der Waals surface area contributed by atoms with Crippen molar-refractivity contribution in [3.8, 4) is 0 Å². The molecule has 6 nitrogen and oxygen atoms in total. The minimum Gasteiger partial charge on any atom is -0.388 e. The maximum absolute atomic E-state index is 11.1. The van der Waals surface area contributed by atoms with E-state index in [1.54, 1.807) is 24.4 Å². The van der Waals surface area contributed by atoms with E-state index in [2.05, 4.69) is 10.3 Å². The Morgan fingerprint density at radius 3 is 2.67 bits per heavy atom. The third-order valence-electron chi connectivity index (χ3n) is 3.87. The van der Waals surface area contributed by atoms with E-state index < -0.39 is 10.5 Å². The van der Waals surface area contributed by atoms with Gasteiger partial charge < -0.3 is 10.4 Å². The van der Waals surface area contributed by atoms with Crippen LogP contribution in [0.1, 0.15) is 26.7 Å². The summed E-state index contributed by atoms with van der Waals surface area (Å²) >= 11 is 0. The number of nitrogens with zero attached hydrogens (tertiary/aromatic N) is 2. The quantitative estimate of drug-likeness (QED) is 0.630. The van der Waals surface area contributed by atoms with Crippen LogP contribution >= 0.6 is 0 Å². The molecule has 0 saturated heterocycles. The monoisotopic (exact) mass is 289 g/mol. The van der Waals surface area contributed by atoms with Gasteiger partial charge in [0.2, 0.25) is 0 Å². The Hall–Kier alpha value is -2.21. The molecule has 0 saturated carbocycles. The highest BCUT2D eigenvalue weighted by atomic mass is 16.6. The Labute approximate surface area is 123 Å². The minimum atomic E-state index is -0.789. The largest absolute Gasteiger partial charge is 0.388 e. The Balaban J connectivity index is 2.38. The van der Waals surface area contributed by atoms with Gasteiger partial charge in [0.05, 0.1) is 21.6 Å². The molecule has 1 aromatic heterocycles. The summed E-state index contributed by atoms with van der Waals surface area (Å²) < 4.78 is 0. The number of nitro groups is 1. The lowest BCUT2D eigenvalue weighted by Gasteiger charge is -2.26. The van der Waals surface area contributed by atoms with E-state index in [1.165, 1.54) is 6.07 Å². The fourth-order valence-electron chi connectivity index (χ4n) is 2.22. The number of anilines is 1. The Morgan fingerprint density at radius 2 is 2.05 bits per heavy atom. The van der Waals surface area contributed by atoms with Crippen molar-refractivity contribution in [2.75, 3.05) is 11.9 Å². The number of aromatic nitrogens is 1. The molecule has 2 aromatic rings. The van der Waals surface area contributed by atoms with E-state index in [0.717, 1.165) is 0 Å². The van der Waals surface area contributed by atoms with Gasteiger partial charge >= 0.3 is 0 Å². The molecular weight excluding hydrogens is 270 g/mol. The molecule has 112 valence electrons. The van der Waals surface area contributed by atoms with Gasteiger partial charge in [-0.3, -0.25) is 15.1 Å². The lowest BCUT2D eigenvalue weighted by molar-refractivity contribution is -0.383. The molecule has 0 unspecified atom stereocenters. The van der Waals surface area contributed by atoms with Crippen molar-refractivity contribution < 1.29 is 10.0 Å². The molecule has 2 N–H and O–H groups in total. The Bertz CT molecular complexity index is 654. The maximum atomic E-state index is 11.1. The van der Waals surface area contributed by atoms with Crippen LogP contribution in [0.2, 0.25) is 0 Å². The molecule has 0 amide bonds. The van der Waals surface area contributed by atoms with Crippen LogP contribution in [0.15, 0.2) is 30.5 Å². The average molecular weight is 289 g/mol. The second-order valence-corrected chi connectivity index (χ2v) is 5.07. The molecule has 1 heterocycles. The van der Waals surface area contributed by atoms with Gasteiger partial charge in [-0.05, 0) is 31.0 Å². The number of fused-ring (bicyclic) bond motifs is 1. The fraction of sp³-hybridized carbons (Fsp3) is 0.400. The van der Waals surface area contributed by atoms with Gasteiger partial charge in [0, 0.05) is 18.8 Å². The van der Waals surface area contributed by atoms with Crippen LogP contribution in [0.3, 0.4) is 0 Å². The smallest absolute Gasteiger partial charge is 0.278 e. The first kappa shape index (κ1) is 15.2. The summed E-state index contributed by atoms with van der Waals surface area (Å²) in [4.78, 5) is 14.9. The predicted molar refractivity (Wildman–Crippen MR) is 82.4 cm³/mol. The second kappa shape index (κ2) is 6.05. The van der Waals surface area contributed by atoms with Gasteiger partial charge in [-0.1, -0.05) is 13.8 Å². The van der Waals surface area contributed by atoms with Gasteiger partial charge in [-0.2, -0.15) is 0 Å². The number of non-ortho nitro benzene ring substituents is 1. The standard InChI is InChI=1S/C15H19N3O3/c1-3-15(19,4-2)10-17-12-7-8-13(18(20)21)11-6-5-9-16-14(11)12/h5-9,17,19H,3-4,10H2,1-2H3.